The van der Waals surface area contributed by atoms with Crippen LogP contribution in [-0.2, 0) is 6.42 Å². The molecule has 4 nitrogen and oxygen atoms in total. The highest BCUT2D eigenvalue weighted by Gasteiger charge is 2.37. The Labute approximate surface area is 139 Å². The lowest BCUT2D eigenvalue weighted by atomic mass is 9.85. The van der Waals surface area contributed by atoms with Crippen molar-refractivity contribution in [3.8, 4) is 0 Å². The predicted molar refractivity (Wildman–Crippen MR) is 87.7 cm³/mol. The van der Waals surface area contributed by atoms with Gasteiger partial charge in [0.05, 0.1) is 16.6 Å². The molecule has 0 aromatic heterocycles. The average Bonchev–Trinajstić information content (AvgIpc) is 2.58. The van der Waals surface area contributed by atoms with Crippen molar-refractivity contribution in [2.75, 3.05) is 13.1 Å². The van der Waals surface area contributed by atoms with E-state index in [4.69, 9.17) is 11.6 Å². The molecule has 2 heterocycles. The number of hydrogen-bond donors (Lipinski definition) is 1. The lowest BCUT2D eigenvalue weighted by molar-refractivity contribution is 0.0632. The molecule has 0 spiro atoms. The first-order chi connectivity index (χ1) is 11.2. The number of halogens is 1. The monoisotopic (exact) mass is 326 g/mol. The lowest BCUT2D eigenvalue weighted by Gasteiger charge is -2.40. The molecule has 0 radical (unpaired) electrons. The van der Waals surface area contributed by atoms with Gasteiger partial charge in [0.25, 0.3) is 11.8 Å². The van der Waals surface area contributed by atoms with Gasteiger partial charge in [0.2, 0.25) is 0 Å². The maximum absolute atomic E-state index is 12.9. The molecule has 2 amide bonds. The van der Waals surface area contributed by atoms with Gasteiger partial charge in [-0.2, -0.15) is 0 Å². The molecule has 4 rings (SSSR count). The van der Waals surface area contributed by atoms with Crippen LogP contribution in [0.15, 0.2) is 42.5 Å². The van der Waals surface area contributed by atoms with Crippen molar-refractivity contribution < 1.29 is 9.59 Å². The van der Waals surface area contributed by atoms with E-state index >= 15 is 0 Å². The van der Waals surface area contributed by atoms with E-state index in [2.05, 4.69) is 5.32 Å². The number of nitrogens with one attached hydrogen (secondary N) is 1. The van der Waals surface area contributed by atoms with Gasteiger partial charge in [-0.1, -0.05) is 35.9 Å². The van der Waals surface area contributed by atoms with Crippen molar-refractivity contribution in [1.29, 1.82) is 0 Å². The van der Waals surface area contributed by atoms with Gasteiger partial charge in [-0.3, -0.25) is 9.59 Å². The number of amides is 2. The summed E-state index contributed by atoms with van der Waals surface area (Å²) >= 11 is 6.18. The van der Waals surface area contributed by atoms with Crippen LogP contribution in [0.3, 0.4) is 0 Å². The molecule has 23 heavy (non-hydrogen) atoms. The summed E-state index contributed by atoms with van der Waals surface area (Å²) in [6.07, 6.45) is 0.753. The fraction of sp³-hybridized carbons (Fsp3) is 0.222. The molecule has 116 valence electrons. The Balaban J connectivity index is 1.77. The van der Waals surface area contributed by atoms with Gasteiger partial charge in [0, 0.05) is 18.7 Å². The molecule has 2 aromatic rings. The van der Waals surface area contributed by atoms with E-state index in [0.717, 1.165) is 17.5 Å². The summed E-state index contributed by atoms with van der Waals surface area (Å²) in [5.41, 5.74) is 3.33. The van der Waals surface area contributed by atoms with Crippen molar-refractivity contribution in [3.05, 3.63) is 69.7 Å². The first-order valence-corrected chi connectivity index (χ1v) is 8.00. The van der Waals surface area contributed by atoms with E-state index in [0.29, 0.717) is 29.2 Å². The molecule has 0 saturated heterocycles. The van der Waals surface area contributed by atoms with E-state index in [9.17, 15) is 9.59 Å². The molecule has 2 aliphatic rings. The quantitative estimate of drug-likeness (QED) is 0.876. The SMILES string of the molecule is O=C1NCC2c3c(cccc31)CCN2C(=O)c1ccccc1Cl. The van der Waals surface area contributed by atoms with Crippen LogP contribution in [0.5, 0.6) is 0 Å². The molecule has 1 atom stereocenters. The van der Waals surface area contributed by atoms with Gasteiger partial charge in [-0.25, -0.2) is 0 Å². The van der Waals surface area contributed by atoms with Crippen molar-refractivity contribution in [2.24, 2.45) is 0 Å². The number of nitrogens with zero attached hydrogens (tertiary/aromatic N) is 1. The summed E-state index contributed by atoms with van der Waals surface area (Å²) in [4.78, 5) is 26.9. The minimum atomic E-state index is -0.128. The number of rotatable bonds is 1. The number of carbonyl (C=O) groups excluding carboxylic acids is 2. The average molecular weight is 327 g/mol. The lowest BCUT2D eigenvalue weighted by Crippen LogP contribution is -2.49. The summed E-state index contributed by atoms with van der Waals surface area (Å²) in [5.74, 6) is -0.151. The zero-order chi connectivity index (χ0) is 16.0. The smallest absolute Gasteiger partial charge is 0.255 e. The fourth-order valence-corrected chi connectivity index (χ4v) is 3.72. The number of benzene rings is 2. The highest BCUT2D eigenvalue weighted by atomic mass is 35.5. The van der Waals surface area contributed by atoms with Crippen LogP contribution in [0.25, 0.3) is 0 Å². The first-order valence-electron chi connectivity index (χ1n) is 7.62. The Morgan fingerprint density at radius 1 is 1.17 bits per heavy atom. The molecule has 0 fully saturated rings. The van der Waals surface area contributed by atoms with E-state index in [-0.39, 0.29) is 17.9 Å². The van der Waals surface area contributed by atoms with Gasteiger partial charge in [0.15, 0.2) is 0 Å². The molecule has 0 saturated carbocycles. The Kier molecular flexibility index (Phi) is 3.34. The zero-order valence-corrected chi connectivity index (χ0v) is 13.1. The molecule has 0 bridgehead atoms. The molecule has 1 unspecified atom stereocenters. The Hall–Kier alpha value is -2.33. The van der Waals surface area contributed by atoms with Crippen LogP contribution >= 0.6 is 11.6 Å². The molecular weight excluding hydrogens is 312 g/mol. The van der Waals surface area contributed by atoms with E-state index in [1.54, 1.807) is 12.1 Å². The van der Waals surface area contributed by atoms with Crippen molar-refractivity contribution >= 4 is 23.4 Å². The van der Waals surface area contributed by atoms with Gasteiger partial charge in [0.1, 0.15) is 0 Å². The summed E-state index contributed by atoms with van der Waals surface area (Å²) in [6.45, 7) is 1.07. The van der Waals surface area contributed by atoms with Gasteiger partial charge in [-0.05, 0) is 35.7 Å². The summed E-state index contributed by atoms with van der Waals surface area (Å²) in [5, 5.41) is 3.34. The number of carbonyl (C=O) groups is 2. The Bertz CT molecular complexity index is 818. The predicted octanol–water partition coefficient (Wildman–Crippen LogP) is 2.82. The number of hydrogen-bond acceptors (Lipinski definition) is 2. The second-order valence-corrected chi connectivity index (χ2v) is 6.24. The second-order valence-electron chi connectivity index (χ2n) is 5.83. The molecular formula is C18H15ClN2O2. The van der Waals surface area contributed by atoms with Gasteiger partial charge < -0.3 is 10.2 Å². The highest BCUT2D eigenvalue weighted by molar-refractivity contribution is 6.33. The summed E-state index contributed by atoms with van der Waals surface area (Å²) in [7, 11) is 0. The van der Waals surface area contributed by atoms with E-state index in [1.165, 1.54) is 0 Å². The first kappa shape index (κ1) is 14.3. The van der Waals surface area contributed by atoms with Crippen LogP contribution < -0.4 is 5.32 Å². The van der Waals surface area contributed by atoms with Crippen LogP contribution in [0.2, 0.25) is 5.02 Å². The molecule has 5 heteroatoms. The third-order valence-electron chi connectivity index (χ3n) is 4.59. The van der Waals surface area contributed by atoms with Gasteiger partial charge >= 0.3 is 0 Å². The van der Waals surface area contributed by atoms with Crippen LogP contribution in [0.1, 0.15) is 37.9 Å². The van der Waals surface area contributed by atoms with E-state index < -0.39 is 0 Å². The van der Waals surface area contributed by atoms with Crippen LogP contribution in [-0.4, -0.2) is 29.8 Å². The Morgan fingerprint density at radius 3 is 2.83 bits per heavy atom. The summed E-state index contributed by atoms with van der Waals surface area (Å²) < 4.78 is 0. The normalized spacial score (nSPS) is 19.1. The highest BCUT2D eigenvalue weighted by Crippen LogP contribution is 2.36. The van der Waals surface area contributed by atoms with Crippen LogP contribution in [0.4, 0.5) is 0 Å². The fourth-order valence-electron chi connectivity index (χ4n) is 3.50. The molecule has 2 aromatic carbocycles. The third kappa shape index (κ3) is 2.21. The molecule has 0 aliphatic carbocycles. The van der Waals surface area contributed by atoms with Crippen molar-refractivity contribution in [1.82, 2.24) is 10.2 Å². The van der Waals surface area contributed by atoms with Crippen LogP contribution in [0, 0.1) is 0 Å². The Morgan fingerprint density at radius 2 is 2.00 bits per heavy atom. The molecule has 2 aliphatic heterocycles. The standard InChI is InChI=1S/C18H15ClN2O2/c19-14-7-2-1-5-12(14)18(23)21-9-8-11-4-3-6-13-16(11)15(21)10-20-17(13)22/h1-7,15H,8-10H2,(H,20,22). The summed E-state index contributed by atoms with van der Waals surface area (Å²) in [6, 6.07) is 12.7. The largest absolute Gasteiger partial charge is 0.350 e. The van der Waals surface area contributed by atoms with Crippen molar-refractivity contribution in [3.63, 3.8) is 0 Å². The maximum atomic E-state index is 12.9. The molecule has 1 N–H and O–H groups in total. The minimum Gasteiger partial charge on any atom is -0.350 e. The topological polar surface area (TPSA) is 49.4 Å². The van der Waals surface area contributed by atoms with Gasteiger partial charge in [-0.15, -0.1) is 0 Å². The zero-order valence-electron chi connectivity index (χ0n) is 12.4. The van der Waals surface area contributed by atoms with E-state index in [1.807, 2.05) is 35.2 Å². The van der Waals surface area contributed by atoms with Crippen molar-refractivity contribution in [2.45, 2.75) is 12.5 Å². The minimum absolute atomic E-state index is 0.0647. The third-order valence-corrected chi connectivity index (χ3v) is 4.92. The second kappa shape index (κ2) is 5.39. The maximum Gasteiger partial charge on any atom is 0.255 e.